The van der Waals surface area contributed by atoms with Crippen LogP contribution in [0.4, 0.5) is 0 Å². The van der Waals surface area contributed by atoms with E-state index >= 15 is 0 Å². The predicted octanol–water partition coefficient (Wildman–Crippen LogP) is 1.86. The fourth-order valence-electron chi connectivity index (χ4n) is 1.63. The van der Waals surface area contributed by atoms with Gasteiger partial charge in [0.15, 0.2) is 0 Å². The van der Waals surface area contributed by atoms with Crippen molar-refractivity contribution in [3.05, 3.63) is 29.3 Å². The summed E-state index contributed by atoms with van der Waals surface area (Å²) >= 11 is 0. The minimum Gasteiger partial charge on any atom is -0.493 e. The van der Waals surface area contributed by atoms with Crippen LogP contribution in [-0.2, 0) is 9.84 Å². The summed E-state index contributed by atoms with van der Waals surface area (Å²) in [7, 11) is -2.94. The van der Waals surface area contributed by atoms with Crippen molar-refractivity contribution in [1.29, 1.82) is 0 Å². The number of rotatable bonds is 6. The highest BCUT2D eigenvalue weighted by atomic mass is 32.2. The smallest absolute Gasteiger partial charge is 0.147 e. The highest BCUT2D eigenvalue weighted by Crippen LogP contribution is 2.26. The van der Waals surface area contributed by atoms with Gasteiger partial charge in [0.25, 0.3) is 0 Å². The molecular formula is C13H20O4S. The minimum atomic E-state index is -2.94. The maximum absolute atomic E-state index is 11.0. The van der Waals surface area contributed by atoms with Gasteiger partial charge in [0, 0.05) is 11.8 Å². The molecule has 1 N–H and O–H groups in total. The number of aliphatic hydroxyl groups excluding tert-OH is 1. The maximum atomic E-state index is 11.0. The normalized spacial score (nSPS) is 13.3. The second kappa shape index (κ2) is 6.20. The number of hydrogen-bond acceptors (Lipinski definition) is 4. The van der Waals surface area contributed by atoms with E-state index in [2.05, 4.69) is 0 Å². The first-order valence-electron chi connectivity index (χ1n) is 5.89. The van der Waals surface area contributed by atoms with Crippen LogP contribution in [0, 0.1) is 6.92 Å². The van der Waals surface area contributed by atoms with E-state index < -0.39 is 15.9 Å². The van der Waals surface area contributed by atoms with Crippen LogP contribution in [0.3, 0.4) is 0 Å². The van der Waals surface area contributed by atoms with Crippen LogP contribution in [-0.4, -0.2) is 32.1 Å². The van der Waals surface area contributed by atoms with Crippen LogP contribution >= 0.6 is 0 Å². The molecule has 18 heavy (non-hydrogen) atoms. The summed E-state index contributed by atoms with van der Waals surface area (Å²) < 4.78 is 27.5. The van der Waals surface area contributed by atoms with E-state index in [0.717, 1.165) is 11.1 Å². The van der Waals surface area contributed by atoms with Gasteiger partial charge in [0.05, 0.1) is 18.5 Å². The Morgan fingerprint density at radius 3 is 2.61 bits per heavy atom. The Morgan fingerprint density at radius 2 is 2.06 bits per heavy atom. The zero-order valence-corrected chi connectivity index (χ0v) is 11.8. The van der Waals surface area contributed by atoms with Crippen molar-refractivity contribution in [3.63, 3.8) is 0 Å². The first-order chi connectivity index (χ1) is 8.29. The molecule has 0 amide bonds. The number of hydrogen-bond donors (Lipinski definition) is 1. The molecule has 0 saturated carbocycles. The summed E-state index contributed by atoms with van der Waals surface area (Å²) in [6, 6.07) is 5.58. The second-order valence-corrected chi connectivity index (χ2v) is 6.81. The summed E-state index contributed by atoms with van der Waals surface area (Å²) in [5.41, 5.74) is 1.78. The Morgan fingerprint density at radius 1 is 1.39 bits per heavy atom. The molecule has 0 unspecified atom stereocenters. The van der Waals surface area contributed by atoms with Gasteiger partial charge in [0.2, 0.25) is 0 Å². The third-order valence-electron chi connectivity index (χ3n) is 2.53. The molecule has 0 saturated heterocycles. The van der Waals surface area contributed by atoms with Crippen LogP contribution in [0.25, 0.3) is 0 Å². The molecule has 4 nitrogen and oxygen atoms in total. The lowest BCUT2D eigenvalue weighted by atomic mass is 10.1. The first-order valence-corrected chi connectivity index (χ1v) is 7.95. The third kappa shape index (κ3) is 5.06. The lowest BCUT2D eigenvalue weighted by Gasteiger charge is -2.14. The topological polar surface area (TPSA) is 63.6 Å². The predicted molar refractivity (Wildman–Crippen MR) is 71.6 cm³/mol. The quantitative estimate of drug-likeness (QED) is 0.803. The van der Waals surface area contributed by atoms with Gasteiger partial charge in [0.1, 0.15) is 15.6 Å². The van der Waals surface area contributed by atoms with Crippen molar-refractivity contribution >= 4 is 9.84 Å². The van der Waals surface area contributed by atoms with E-state index in [1.807, 2.05) is 19.1 Å². The molecule has 1 aromatic rings. The van der Waals surface area contributed by atoms with Gasteiger partial charge in [-0.15, -0.1) is 0 Å². The van der Waals surface area contributed by atoms with E-state index in [-0.39, 0.29) is 5.75 Å². The van der Waals surface area contributed by atoms with Crippen LogP contribution < -0.4 is 4.74 Å². The molecule has 5 heteroatoms. The summed E-state index contributed by atoms with van der Waals surface area (Å²) in [5.74, 6) is 0.729. The highest BCUT2D eigenvalue weighted by molar-refractivity contribution is 7.90. The highest BCUT2D eigenvalue weighted by Gasteiger charge is 2.10. The van der Waals surface area contributed by atoms with Crippen molar-refractivity contribution in [2.45, 2.75) is 26.4 Å². The van der Waals surface area contributed by atoms with Gasteiger partial charge in [-0.3, -0.25) is 0 Å². The Labute approximate surface area is 109 Å². The zero-order chi connectivity index (χ0) is 13.8. The number of aryl methyl sites for hydroxylation is 1. The lowest BCUT2D eigenvalue weighted by molar-refractivity contribution is 0.191. The average molecular weight is 272 g/mol. The molecule has 1 rings (SSSR count). The van der Waals surface area contributed by atoms with Crippen molar-refractivity contribution in [2.24, 2.45) is 0 Å². The molecular weight excluding hydrogens is 252 g/mol. The van der Waals surface area contributed by atoms with Gasteiger partial charge in [-0.1, -0.05) is 11.6 Å². The molecule has 0 bridgehead atoms. The fraction of sp³-hybridized carbons (Fsp3) is 0.538. The summed E-state index contributed by atoms with van der Waals surface area (Å²) in [5, 5.41) is 9.64. The summed E-state index contributed by atoms with van der Waals surface area (Å²) in [6.45, 7) is 3.95. The first kappa shape index (κ1) is 15.0. The van der Waals surface area contributed by atoms with Crippen molar-refractivity contribution < 1.29 is 18.3 Å². The molecule has 0 aliphatic heterocycles. The van der Waals surface area contributed by atoms with E-state index in [1.54, 1.807) is 13.0 Å². The van der Waals surface area contributed by atoms with Crippen molar-refractivity contribution in [3.8, 4) is 5.75 Å². The Balaban J connectivity index is 2.62. The van der Waals surface area contributed by atoms with E-state index in [1.165, 1.54) is 6.26 Å². The van der Waals surface area contributed by atoms with E-state index in [0.29, 0.717) is 18.8 Å². The summed E-state index contributed by atoms with van der Waals surface area (Å²) in [6.07, 6.45) is 1.06. The third-order valence-corrected chi connectivity index (χ3v) is 3.56. The average Bonchev–Trinajstić information content (AvgIpc) is 2.24. The van der Waals surface area contributed by atoms with Crippen LogP contribution in [0.2, 0.25) is 0 Å². The molecule has 0 aromatic heterocycles. The molecule has 0 radical (unpaired) electrons. The Hall–Kier alpha value is -1.07. The molecule has 0 fully saturated rings. The molecule has 0 spiro atoms. The lowest BCUT2D eigenvalue weighted by Crippen LogP contribution is -2.09. The SMILES string of the molecule is Cc1ccc(OCCCS(C)(=O)=O)c([C@H](C)O)c1. The molecule has 102 valence electrons. The van der Waals surface area contributed by atoms with E-state index in [4.69, 9.17) is 4.74 Å². The molecule has 0 heterocycles. The van der Waals surface area contributed by atoms with Gasteiger partial charge >= 0.3 is 0 Å². The van der Waals surface area contributed by atoms with Gasteiger partial charge < -0.3 is 9.84 Å². The molecule has 0 aliphatic carbocycles. The zero-order valence-electron chi connectivity index (χ0n) is 11.0. The van der Waals surface area contributed by atoms with Gasteiger partial charge in [-0.05, 0) is 32.4 Å². The number of sulfone groups is 1. The van der Waals surface area contributed by atoms with Crippen molar-refractivity contribution in [1.82, 2.24) is 0 Å². The monoisotopic (exact) mass is 272 g/mol. The standard InChI is InChI=1S/C13H20O4S/c1-10-5-6-13(12(9-10)11(2)14)17-7-4-8-18(3,15)16/h5-6,9,11,14H,4,7-8H2,1-3H3/t11-/m0/s1. The van der Waals surface area contributed by atoms with Crippen LogP contribution in [0.15, 0.2) is 18.2 Å². The van der Waals surface area contributed by atoms with Gasteiger partial charge in [-0.25, -0.2) is 8.42 Å². The number of benzene rings is 1. The molecule has 1 aromatic carbocycles. The van der Waals surface area contributed by atoms with Crippen LogP contribution in [0.5, 0.6) is 5.75 Å². The number of ether oxygens (including phenoxy) is 1. The second-order valence-electron chi connectivity index (χ2n) is 4.55. The number of aliphatic hydroxyl groups is 1. The summed E-state index contributed by atoms with van der Waals surface area (Å²) in [4.78, 5) is 0. The molecule has 0 aliphatic rings. The van der Waals surface area contributed by atoms with Crippen LogP contribution in [0.1, 0.15) is 30.6 Å². The van der Waals surface area contributed by atoms with Gasteiger partial charge in [-0.2, -0.15) is 0 Å². The Bertz CT molecular complexity index is 492. The maximum Gasteiger partial charge on any atom is 0.147 e. The largest absolute Gasteiger partial charge is 0.493 e. The van der Waals surface area contributed by atoms with E-state index in [9.17, 15) is 13.5 Å². The fourth-order valence-corrected chi connectivity index (χ4v) is 2.27. The minimum absolute atomic E-state index is 0.114. The Kier molecular flexibility index (Phi) is 5.16. The van der Waals surface area contributed by atoms with Crippen molar-refractivity contribution in [2.75, 3.05) is 18.6 Å². The molecule has 1 atom stereocenters.